The molecule has 21 heavy (non-hydrogen) atoms. The fraction of sp³-hybridized carbons (Fsp3) is 0. The maximum atomic E-state index is 12.2. The molecule has 0 spiro atoms. The Morgan fingerprint density at radius 2 is 1.10 bits per heavy atom. The van der Waals surface area contributed by atoms with Crippen LogP contribution in [0, 0.1) is 0 Å². The Kier molecular flexibility index (Phi) is 4.18. The quantitative estimate of drug-likeness (QED) is 0.580. The van der Waals surface area contributed by atoms with Gasteiger partial charge in [0.15, 0.2) is 5.78 Å². The molecule has 98 valence electrons. The molecule has 0 atom stereocenters. The number of hydrogen-bond donors (Lipinski definition) is 0. The van der Waals surface area contributed by atoms with Gasteiger partial charge in [-0.2, -0.15) is 0 Å². The molecule has 0 radical (unpaired) electrons. The van der Waals surface area contributed by atoms with Crippen molar-refractivity contribution in [3.8, 4) is 11.1 Å². The Morgan fingerprint density at radius 3 is 1.43 bits per heavy atom. The van der Waals surface area contributed by atoms with Gasteiger partial charge >= 0.3 is 37.7 Å². The van der Waals surface area contributed by atoms with Crippen LogP contribution < -0.4 is 10.2 Å². The van der Waals surface area contributed by atoms with Crippen molar-refractivity contribution in [3.05, 3.63) is 58.7 Å². The standard InChI is InChI=1S/C15H8O5.Ca/c16-13-11-5-7(14(17)18)1-3-9(11)10-4-2-8(15(19)20)6-12(10)13;/h1-6H,(H,17,18)(H,19,20);/q;+2/p-2. The second-order valence-corrected chi connectivity index (χ2v) is 4.42. The molecule has 0 fully saturated rings. The summed E-state index contributed by atoms with van der Waals surface area (Å²) >= 11 is 0. The third-order valence-electron chi connectivity index (χ3n) is 3.29. The smallest absolute Gasteiger partial charge is 0.545 e. The number of fused-ring (bicyclic) bond motifs is 3. The molecule has 1 aliphatic rings. The van der Waals surface area contributed by atoms with Crippen molar-refractivity contribution in [3.63, 3.8) is 0 Å². The Hall–Kier alpha value is -1.69. The van der Waals surface area contributed by atoms with E-state index in [4.69, 9.17) is 0 Å². The number of ketones is 1. The molecule has 0 heterocycles. The SMILES string of the molecule is O=C([O-])c1ccc2c(c1)C(=O)c1cc(C(=O)[O-])ccc1-2.[Ca+2]. The Morgan fingerprint density at radius 1 is 0.714 bits per heavy atom. The summed E-state index contributed by atoms with van der Waals surface area (Å²) < 4.78 is 0. The van der Waals surface area contributed by atoms with Gasteiger partial charge in [-0.25, -0.2) is 0 Å². The molecule has 2 aromatic carbocycles. The number of carbonyl (C=O) groups excluding carboxylic acids is 3. The predicted octanol–water partition coefficient (Wildman–Crippen LogP) is -0.756. The van der Waals surface area contributed by atoms with Crippen molar-refractivity contribution in [2.75, 3.05) is 0 Å². The Balaban J connectivity index is 0.00000161. The molecule has 0 saturated carbocycles. The zero-order chi connectivity index (χ0) is 14.4. The van der Waals surface area contributed by atoms with Gasteiger partial charge in [-0.1, -0.05) is 24.3 Å². The van der Waals surface area contributed by atoms with Gasteiger partial charge in [0.05, 0.1) is 11.9 Å². The molecule has 3 rings (SSSR count). The first-order valence-corrected chi connectivity index (χ1v) is 5.75. The van der Waals surface area contributed by atoms with E-state index in [1.54, 1.807) is 0 Å². The first-order valence-electron chi connectivity index (χ1n) is 5.75. The number of rotatable bonds is 2. The molecule has 0 saturated heterocycles. The molecule has 0 aliphatic heterocycles. The van der Waals surface area contributed by atoms with E-state index in [-0.39, 0.29) is 60.0 Å². The van der Waals surface area contributed by atoms with E-state index in [0.717, 1.165) is 0 Å². The van der Waals surface area contributed by atoms with Crippen molar-refractivity contribution >= 4 is 55.5 Å². The van der Waals surface area contributed by atoms with Crippen LogP contribution in [0.2, 0.25) is 0 Å². The van der Waals surface area contributed by atoms with Gasteiger partial charge in [0.1, 0.15) is 0 Å². The molecular weight excluding hydrogens is 300 g/mol. The van der Waals surface area contributed by atoms with E-state index in [0.29, 0.717) is 11.1 Å². The van der Waals surface area contributed by atoms with E-state index in [2.05, 4.69) is 0 Å². The van der Waals surface area contributed by atoms with Gasteiger partial charge in [0, 0.05) is 11.1 Å². The number of benzene rings is 2. The third-order valence-corrected chi connectivity index (χ3v) is 3.29. The summed E-state index contributed by atoms with van der Waals surface area (Å²) in [6.45, 7) is 0. The van der Waals surface area contributed by atoms with Crippen molar-refractivity contribution in [2.24, 2.45) is 0 Å². The molecule has 1 aliphatic carbocycles. The van der Waals surface area contributed by atoms with Crippen molar-refractivity contribution < 1.29 is 24.6 Å². The maximum absolute atomic E-state index is 12.2. The van der Waals surface area contributed by atoms with Crippen LogP contribution in [0.3, 0.4) is 0 Å². The summed E-state index contributed by atoms with van der Waals surface area (Å²) in [4.78, 5) is 33.8. The van der Waals surface area contributed by atoms with E-state index >= 15 is 0 Å². The van der Waals surface area contributed by atoms with E-state index in [1.807, 2.05) is 0 Å². The average Bonchev–Trinajstić information content (AvgIpc) is 2.71. The fourth-order valence-corrected chi connectivity index (χ4v) is 2.33. The molecule has 0 N–H and O–H groups in total. The minimum absolute atomic E-state index is 0. The van der Waals surface area contributed by atoms with Crippen LogP contribution in [-0.4, -0.2) is 55.5 Å². The largest absolute Gasteiger partial charge is 2.00 e. The first kappa shape index (κ1) is 15.7. The van der Waals surface area contributed by atoms with E-state index < -0.39 is 17.7 Å². The molecule has 0 amide bonds. The summed E-state index contributed by atoms with van der Waals surface area (Å²) in [6.07, 6.45) is 0. The molecule has 5 nitrogen and oxygen atoms in total. The monoisotopic (exact) mass is 306 g/mol. The Bertz CT molecular complexity index is 729. The fourth-order valence-electron chi connectivity index (χ4n) is 2.33. The van der Waals surface area contributed by atoms with Crippen LogP contribution in [0.5, 0.6) is 0 Å². The van der Waals surface area contributed by atoms with Crippen LogP contribution in [0.4, 0.5) is 0 Å². The second kappa shape index (κ2) is 5.60. The van der Waals surface area contributed by atoms with Gasteiger partial charge in [0.25, 0.3) is 0 Å². The van der Waals surface area contributed by atoms with Crippen LogP contribution >= 0.6 is 0 Å². The minimum atomic E-state index is -1.37. The summed E-state index contributed by atoms with van der Waals surface area (Å²) in [6, 6.07) is 8.22. The van der Waals surface area contributed by atoms with Gasteiger partial charge in [-0.05, 0) is 34.4 Å². The zero-order valence-corrected chi connectivity index (χ0v) is 12.9. The molecule has 0 bridgehead atoms. The zero-order valence-electron chi connectivity index (χ0n) is 10.7. The number of carboxylic acids is 2. The second-order valence-electron chi connectivity index (χ2n) is 4.42. The Labute approximate surface area is 149 Å². The van der Waals surface area contributed by atoms with Crippen molar-refractivity contribution in [2.45, 2.75) is 0 Å². The number of carboxylic acid groups (broad SMARTS) is 2. The normalized spacial score (nSPS) is 11.3. The summed E-state index contributed by atoms with van der Waals surface area (Å²) in [5.74, 6) is -3.14. The van der Waals surface area contributed by atoms with Gasteiger partial charge < -0.3 is 19.8 Å². The van der Waals surface area contributed by atoms with E-state index in [9.17, 15) is 24.6 Å². The van der Waals surface area contributed by atoms with Crippen molar-refractivity contribution in [1.82, 2.24) is 0 Å². The van der Waals surface area contributed by atoms with E-state index in [1.165, 1.54) is 36.4 Å². The maximum Gasteiger partial charge on any atom is 2.00 e. The van der Waals surface area contributed by atoms with Crippen LogP contribution in [0.15, 0.2) is 36.4 Å². The molecule has 2 aromatic rings. The topological polar surface area (TPSA) is 97.3 Å². The predicted molar refractivity (Wildman–Crippen MR) is 69.7 cm³/mol. The summed E-state index contributed by atoms with van der Waals surface area (Å²) in [5, 5.41) is 21.6. The van der Waals surface area contributed by atoms with Gasteiger partial charge in [0.2, 0.25) is 0 Å². The summed E-state index contributed by atoms with van der Waals surface area (Å²) in [5.41, 5.74) is 1.45. The number of aromatic carboxylic acids is 2. The van der Waals surface area contributed by atoms with Crippen LogP contribution in [0.25, 0.3) is 11.1 Å². The minimum Gasteiger partial charge on any atom is -0.545 e. The average molecular weight is 306 g/mol. The first-order chi connectivity index (χ1) is 9.49. The molecule has 0 unspecified atom stereocenters. The third kappa shape index (κ3) is 2.48. The van der Waals surface area contributed by atoms with Gasteiger partial charge in [-0.3, -0.25) is 4.79 Å². The van der Waals surface area contributed by atoms with Gasteiger partial charge in [-0.15, -0.1) is 0 Å². The number of hydrogen-bond acceptors (Lipinski definition) is 5. The van der Waals surface area contributed by atoms with Crippen LogP contribution in [-0.2, 0) is 0 Å². The van der Waals surface area contributed by atoms with Crippen molar-refractivity contribution in [1.29, 1.82) is 0 Å². The van der Waals surface area contributed by atoms with Crippen LogP contribution in [0.1, 0.15) is 36.6 Å². The number of carbonyl (C=O) groups is 3. The molecule has 6 heteroatoms. The molecular formula is C15H6CaO5. The summed E-state index contributed by atoms with van der Waals surface area (Å²) in [7, 11) is 0. The molecule has 0 aromatic heterocycles.